The molecule has 136 valence electrons. The molecular weight excluding hydrogens is 342 g/mol. The molecule has 1 aliphatic heterocycles. The van der Waals surface area contributed by atoms with Crippen molar-refractivity contribution < 1.29 is 4.79 Å². The molecule has 0 unspecified atom stereocenters. The van der Waals surface area contributed by atoms with Crippen molar-refractivity contribution in [2.75, 3.05) is 26.2 Å². The van der Waals surface area contributed by atoms with Crippen molar-refractivity contribution in [2.45, 2.75) is 41.6 Å². The maximum absolute atomic E-state index is 13.1. The van der Waals surface area contributed by atoms with Gasteiger partial charge in [-0.2, -0.15) is 0 Å². The van der Waals surface area contributed by atoms with Crippen molar-refractivity contribution in [3.05, 3.63) is 54.2 Å². The second kappa shape index (κ2) is 8.23. The third-order valence-electron chi connectivity index (χ3n) is 5.40. The van der Waals surface area contributed by atoms with E-state index >= 15 is 0 Å². The number of amides is 1. The Balaban J connectivity index is 1.43. The number of rotatable bonds is 4. The van der Waals surface area contributed by atoms with Gasteiger partial charge in [-0.25, -0.2) is 4.98 Å². The lowest BCUT2D eigenvalue weighted by atomic mass is 10.1. The maximum atomic E-state index is 13.1. The highest BCUT2D eigenvalue weighted by Gasteiger charge is 2.29. The van der Waals surface area contributed by atoms with E-state index < -0.39 is 0 Å². The molecule has 4 rings (SSSR count). The van der Waals surface area contributed by atoms with Crippen LogP contribution in [-0.4, -0.2) is 52.9 Å². The van der Waals surface area contributed by atoms with Gasteiger partial charge < -0.3 is 4.90 Å². The molecule has 1 amide bonds. The van der Waals surface area contributed by atoms with Crippen LogP contribution < -0.4 is 0 Å². The number of hydrogen-bond acceptors (Lipinski definition) is 4. The highest BCUT2D eigenvalue weighted by Crippen LogP contribution is 2.29. The summed E-state index contributed by atoms with van der Waals surface area (Å²) in [6.07, 6.45) is 7.14. The Labute approximate surface area is 159 Å². The van der Waals surface area contributed by atoms with Crippen LogP contribution in [0.2, 0.25) is 0 Å². The van der Waals surface area contributed by atoms with E-state index in [9.17, 15) is 4.79 Å². The number of hydrogen-bond donors (Lipinski definition) is 0. The zero-order chi connectivity index (χ0) is 17.8. The van der Waals surface area contributed by atoms with Crippen molar-refractivity contribution in [1.82, 2.24) is 14.8 Å². The normalized spacial score (nSPS) is 19.0. The van der Waals surface area contributed by atoms with Gasteiger partial charge in [0.25, 0.3) is 5.91 Å². The molecule has 1 aromatic heterocycles. The predicted molar refractivity (Wildman–Crippen MR) is 105 cm³/mol. The van der Waals surface area contributed by atoms with Crippen LogP contribution in [0.25, 0.3) is 0 Å². The monoisotopic (exact) mass is 367 g/mol. The van der Waals surface area contributed by atoms with E-state index in [4.69, 9.17) is 0 Å². The van der Waals surface area contributed by atoms with E-state index in [1.165, 1.54) is 25.7 Å². The summed E-state index contributed by atoms with van der Waals surface area (Å²) in [6, 6.07) is 14.6. The van der Waals surface area contributed by atoms with Crippen molar-refractivity contribution in [3.8, 4) is 0 Å². The first-order chi connectivity index (χ1) is 12.8. The van der Waals surface area contributed by atoms with Gasteiger partial charge >= 0.3 is 0 Å². The van der Waals surface area contributed by atoms with Gasteiger partial charge in [-0.1, -0.05) is 42.8 Å². The van der Waals surface area contributed by atoms with Gasteiger partial charge in [-0.3, -0.25) is 9.69 Å². The van der Waals surface area contributed by atoms with Gasteiger partial charge in [0.2, 0.25) is 0 Å². The Morgan fingerprint density at radius 2 is 1.69 bits per heavy atom. The number of carbonyl (C=O) groups excluding carboxylic acids is 1. The van der Waals surface area contributed by atoms with Crippen LogP contribution in [-0.2, 0) is 0 Å². The molecule has 2 aromatic rings. The van der Waals surface area contributed by atoms with E-state index in [1.54, 1.807) is 18.0 Å². The third kappa shape index (κ3) is 3.94. The summed E-state index contributed by atoms with van der Waals surface area (Å²) in [4.78, 5) is 23.2. The van der Waals surface area contributed by atoms with Gasteiger partial charge in [-0.15, -0.1) is 0 Å². The molecule has 1 aromatic carbocycles. The maximum Gasteiger partial charge on any atom is 0.256 e. The number of aromatic nitrogens is 1. The first kappa shape index (κ1) is 17.6. The van der Waals surface area contributed by atoms with Gasteiger partial charge in [0.05, 0.1) is 5.56 Å². The Bertz CT molecular complexity index is 738. The highest BCUT2D eigenvalue weighted by atomic mass is 32.2. The number of benzene rings is 1. The molecule has 0 spiro atoms. The van der Waals surface area contributed by atoms with E-state index in [1.807, 2.05) is 47.4 Å². The van der Waals surface area contributed by atoms with Gasteiger partial charge in [0.1, 0.15) is 5.03 Å². The second-order valence-electron chi connectivity index (χ2n) is 7.04. The summed E-state index contributed by atoms with van der Waals surface area (Å²) in [5.74, 6) is 0.114. The third-order valence-corrected chi connectivity index (χ3v) is 6.43. The molecule has 1 aliphatic carbocycles. The minimum Gasteiger partial charge on any atom is -0.336 e. The van der Waals surface area contributed by atoms with Crippen LogP contribution in [0.4, 0.5) is 0 Å². The molecule has 0 bridgehead atoms. The zero-order valence-corrected chi connectivity index (χ0v) is 15.8. The van der Waals surface area contributed by atoms with Crippen molar-refractivity contribution >= 4 is 17.7 Å². The van der Waals surface area contributed by atoms with Crippen molar-refractivity contribution in [3.63, 3.8) is 0 Å². The highest BCUT2D eigenvalue weighted by molar-refractivity contribution is 7.99. The van der Waals surface area contributed by atoms with Crippen LogP contribution in [0.1, 0.15) is 36.0 Å². The first-order valence-corrected chi connectivity index (χ1v) is 10.3. The first-order valence-electron chi connectivity index (χ1n) is 9.52. The quantitative estimate of drug-likeness (QED) is 0.820. The van der Waals surface area contributed by atoms with Crippen LogP contribution in [0.5, 0.6) is 0 Å². The van der Waals surface area contributed by atoms with Crippen molar-refractivity contribution in [2.24, 2.45) is 0 Å². The molecule has 0 N–H and O–H groups in total. The summed E-state index contributed by atoms with van der Waals surface area (Å²) in [7, 11) is 0. The van der Waals surface area contributed by atoms with E-state index in [0.717, 1.165) is 47.7 Å². The number of carbonyl (C=O) groups is 1. The summed E-state index contributed by atoms with van der Waals surface area (Å²) in [5.41, 5.74) is 0.718. The average molecular weight is 368 g/mol. The van der Waals surface area contributed by atoms with E-state index in [0.29, 0.717) is 0 Å². The lowest BCUT2D eigenvalue weighted by Gasteiger charge is -2.38. The molecule has 2 aliphatic rings. The summed E-state index contributed by atoms with van der Waals surface area (Å²) in [6.45, 7) is 3.63. The smallest absolute Gasteiger partial charge is 0.256 e. The fraction of sp³-hybridized carbons (Fsp3) is 0.429. The minimum atomic E-state index is 0.114. The van der Waals surface area contributed by atoms with Crippen molar-refractivity contribution in [1.29, 1.82) is 0 Å². The molecule has 5 heteroatoms. The summed E-state index contributed by atoms with van der Waals surface area (Å²) >= 11 is 1.56. The molecule has 26 heavy (non-hydrogen) atoms. The Kier molecular flexibility index (Phi) is 5.56. The lowest BCUT2D eigenvalue weighted by molar-refractivity contribution is 0.0569. The summed E-state index contributed by atoms with van der Waals surface area (Å²) in [5, 5.41) is 0.793. The standard InChI is InChI=1S/C21H25N3OS/c25-21(24-15-13-23(14-16-24)17-7-4-5-8-17)19-11-6-12-22-20(19)26-18-9-2-1-3-10-18/h1-3,6,9-12,17H,4-5,7-8,13-16H2. The Morgan fingerprint density at radius 3 is 2.42 bits per heavy atom. The van der Waals surface area contributed by atoms with Crippen LogP contribution in [0.15, 0.2) is 58.6 Å². The molecule has 2 fully saturated rings. The minimum absolute atomic E-state index is 0.114. The number of nitrogens with zero attached hydrogens (tertiary/aromatic N) is 3. The molecular formula is C21H25N3OS. The molecule has 2 heterocycles. The molecule has 0 atom stereocenters. The second-order valence-corrected chi connectivity index (χ2v) is 8.10. The largest absolute Gasteiger partial charge is 0.336 e. The molecule has 4 nitrogen and oxygen atoms in total. The Morgan fingerprint density at radius 1 is 0.962 bits per heavy atom. The average Bonchev–Trinajstić information content (AvgIpc) is 3.24. The predicted octanol–water partition coefficient (Wildman–Crippen LogP) is 3.93. The lowest BCUT2D eigenvalue weighted by Crippen LogP contribution is -2.51. The zero-order valence-electron chi connectivity index (χ0n) is 15.0. The summed E-state index contributed by atoms with van der Waals surface area (Å²) < 4.78 is 0. The molecule has 0 radical (unpaired) electrons. The molecule has 1 saturated carbocycles. The van der Waals surface area contributed by atoms with Crippen LogP contribution in [0.3, 0.4) is 0 Å². The SMILES string of the molecule is O=C(c1cccnc1Sc1ccccc1)N1CCN(C2CCCC2)CC1. The van der Waals surface area contributed by atoms with Gasteiger partial charge in [0, 0.05) is 43.3 Å². The number of pyridine rings is 1. The van der Waals surface area contributed by atoms with Gasteiger partial charge in [-0.05, 0) is 37.1 Å². The fourth-order valence-electron chi connectivity index (χ4n) is 3.96. The fourth-order valence-corrected chi connectivity index (χ4v) is 4.86. The van der Waals surface area contributed by atoms with Crippen LogP contribution in [0, 0.1) is 0 Å². The van der Waals surface area contributed by atoms with E-state index in [-0.39, 0.29) is 5.91 Å². The Hall–Kier alpha value is -1.85. The topological polar surface area (TPSA) is 36.4 Å². The van der Waals surface area contributed by atoms with Gasteiger partial charge in [0.15, 0.2) is 0 Å². The van der Waals surface area contributed by atoms with E-state index in [2.05, 4.69) is 9.88 Å². The van der Waals surface area contributed by atoms with Crippen LogP contribution >= 0.6 is 11.8 Å². The molecule has 1 saturated heterocycles. The number of piperazine rings is 1.